The molecule has 8 heteroatoms. The molecule has 3 rings (SSSR count). The predicted molar refractivity (Wildman–Crippen MR) is 76.4 cm³/mol. The third-order valence-corrected chi connectivity index (χ3v) is 4.15. The van der Waals surface area contributed by atoms with Crippen molar-refractivity contribution in [2.45, 2.75) is 19.8 Å². The third kappa shape index (κ3) is 2.16. The van der Waals surface area contributed by atoms with Crippen LogP contribution in [0.2, 0.25) is 10.0 Å². The Kier molecular flexibility index (Phi) is 3.32. The molecule has 0 amide bonds. The molecule has 1 aliphatic rings. The number of hydrogen-bond acceptors (Lipinski definition) is 4. The van der Waals surface area contributed by atoms with E-state index >= 15 is 0 Å². The molecule has 21 heavy (non-hydrogen) atoms. The summed E-state index contributed by atoms with van der Waals surface area (Å²) in [6, 6.07) is 1.41. The predicted octanol–water partition coefficient (Wildman–Crippen LogP) is 3.41. The van der Waals surface area contributed by atoms with Crippen LogP contribution in [0.5, 0.6) is 5.75 Å². The molecule has 2 heterocycles. The van der Waals surface area contributed by atoms with Crippen LogP contribution in [-0.2, 0) is 11.3 Å². The molecule has 0 bridgehead atoms. The highest BCUT2D eigenvalue weighted by Crippen LogP contribution is 2.37. The number of aromatic nitrogens is 1. The fourth-order valence-corrected chi connectivity index (χ4v) is 2.81. The standard InChI is InChI=1S/C13H9Cl2NO5/c1-5-16-3-9(21-13(18)19)12(17)6-2-8(14)10(15)7(4-20-5)11(6)16/h2-3,5H,4H2,1H3,(H,18,19). The second-order valence-corrected chi connectivity index (χ2v) is 5.34. The van der Waals surface area contributed by atoms with Gasteiger partial charge >= 0.3 is 6.16 Å². The minimum atomic E-state index is -1.57. The summed E-state index contributed by atoms with van der Waals surface area (Å²) in [5.74, 6) is -0.309. The quantitative estimate of drug-likeness (QED) is 0.811. The first-order chi connectivity index (χ1) is 9.90. The summed E-state index contributed by atoms with van der Waals surface area (Å²) in [5.41, 5.74) is 0.611. The molecule has 110 valence electrons. The van der Waals surface area contributed by atoms with Crippen LogP contribution in [0.25, 0.3) is 10.9 Å². The first-order valence-corrected chi connectivity index (χ1v) is 6.74. The summed E-state index contributed by atoms with van der Waals surface area (Å²) in [4.78, 5) is 23.0. The largest absolute Gasteiger partial charge is 0.511 e. The van der Waals surface area contributed by atoms with E-state index in [0.717, 1.165) is 0 Å². The minimum absolute atomic E-state index is 0.202. The van der Waals surface area contributed by atoms with Gasteiger partial charge in [-0.1, -0.05) is 23.2 Å². The van der Waals surface area contributed by atoms with Gasteiger partial charge in [0, 0.05) is 5.56 Å². The van der Waals surface area contributed by atoms with Crippen molar-refractivity contribution in [2.24, 2.45) is 0 Å². The number of halogens is 2. The van der Waals surface area contributed by atoms with Gasteiger partial charge in [0.25, 0.3) is 0 Å². The molecule has 0 aliphatic carbocycles. The lowest BCUT2D eigenvalue weighted by Gasteiger charge is -2.27. The molecule has 0 spiro atoms. The van der Waals surface area contributed by atoms with Crippen molar-refractivity contribution in [3.8, 4) is 5.75 Å². The molecule has 1 aromatic heterocycles. The van der Waals surface area contributed by atoms with Gasteiger partial charge in [0.1, 0.15) is 6.23 Å². The van der Waals surface area contributed by atoms with Crippen LogP contribution >= 0.6 is 23.2 Å². The second-order valence-electron chi connectivity index (χ2n) is 4.56. The van der Waals surface area contributed by atoms with Gasteiger partial charge in [-0.05, 0) is 13.0 Å². The number of carboxylic acid groups (broad SMARTS) is 1. The summed E-state index contributed by atoms with van der Waals surface area (Å²) in [5, 5.41) is 9.47. The number of pyridine rings is 1. The fraction of sp³-hybridized carbons (Fsp3) is 0.231. The van der Waals surface area contributed by atoms with Crippen LogP contribution in [0.15, 0.2) is 17.1 Å². The fourth-order valence-electron chi connectivity index (χ4n) is 2.39. The lowest BCUT2D eigenvalue weighted by Crippen LogP contribution is -2.23. The molecule has 1 N–H and O–H groups in total. The molecule has 1 aliphatic heterocycles. The van der Waals surface area contributed by atoms with Crippen LogP contribution < -0.4 is 10.2 Å². The Morgan fingerprint density at radius 3 is 2.90 bits per heavy atom. The highest BCUT2D eigenvalue weighted by Gasteiger charge is 2.25. The zero-order valence-electron chi connectivity index (χ0n) is 10.7. The molecular weight excluding hydrogens is 321 g/mol. The van der Waals surface area contributed by atoms with Gasteiger partial charge in [-0.3, -0.25) is 4.79 Å². The SMILES string of the molecule is CC1OCc2c(Cl)c(Cl)cc3c(=O)c(OC(=O)O)cn1c23. The summed E-state index contributed by atoms with van der Waals surface area (Å²) >= 11 is 12.2. The van der Waals surface area contributed by atoms with E-state index in [9.17, 15) is 9.59 Å². The minimum Gasteiger partial charge on any atom is -0.449 e. The lowest BCUT2D eigenvalue weighted by atomic mass is 10.1. The average molecular weight is 330 g/mol. The van der Waals surface area contributed by atoms with Gasteiger partial charge in [-0.25, -0.2) is 4.79 Å². The van der Waals surface area contributed by atoms with E-state index in [1.807, 2.05) is 0 Å². The van der Waals surface area contributed by atoms with E-state index in [4.69, 9.17) is 33.0 Å². The van der Waals surface area contributed by atoms with E-state index in [0.29, 0.717) is 16.1 Å². The Bertz CT molecular complexity index is 830. The van der Waals surface area contributed by atoms with Crippen molar-refractivity contribution >= 4 is 40.3 Å². The maximum atomic E-state index is 12.3. The number of carbonyl (C=O) groups is 1. The van der Waals surface area contributed by atoms with Gasteiger partial charge < -0.3 is 19.1 Å². The van der Waals surface area contributed by atoms with Crippen LogP contribution in [0.3, 0.4) is 0 Å². The molecular formula is C13H9Cl2NO5. The topological polar surface area (TPSA) is 77.8 Å². The lowest BCUT2D eigenvalue weighted by molar-refractivity contribution is -0.00208. The Labute approximate surface area is 128 Å². The Hall–Kier alpha value is -1.76. The van der Waals surface area contributed by atoms with Crippen LogP contribution in [0, 0.1) is 0 Å². The van der Waals surface area contributed by atoms with Gasteiger partial charge in [0.05, 0.1) is 33.8 Å². The molecule has 0 saturated carbocycles. The van der Waals surface area contributed by atoms with E-state index in [1.165, 1.54) is 12.3 Å². The number of hydrogen-bond donors (Lipinski definition) is 1. The Balaban J connectivity index is 2.44. The first kappa shape index (κ1) is 14.2. The Morgan fingerprint density at radius 2 is 2.24 bits per heavy atom. The van der Waals surface area contributed by atoms with E-state index in [-0.39, 0.29) is 22.8 Å². The highest BCUT2D eigenvalue weighted by atomic mass is 35.5. The Morgan fingerprint density at radius 1 is 1.52 bits per heavy atom. The molecule has 0 radical (unpaired) electrons. The van der Waals surface area contributed by atoms with Crippen molar-refractivity contribution in [1.82, 2.24) is 4.57 Å². The molecule has 0 saturated heterocycles. The van der Waals surface area contributed by atoms with Crippen LogP contribution in [-0.4, -0.2) is 15.8 Å². The highest BCUT2D eigenvalue weighted by molar-refractivity contribution is 6.43. The van der Waals surface area contributed by atoms with Crippen molar-refractivity contribution in [3.63, 3.8) is 0 Å². The van der Waals surface area contributed by atoms with Crippen molar-refractivity contribution in [2.75, 3.05) is 0 Å². The zero-order valence-corrected chi connectivity index (χ0v) is 12.2. The zero-order chi connectivity index (χ0) is 15.3. The van der Waals surface area contributed by atoms with Crippen LogP contribution in [0.4, 0.5) is 4.79 Å². The van der Waals surface area contributed by atoms with Gasteiger partial charge in [0.15, 0.2) is 5.75 Å². The first-order valence-electron chi connectivity index (χ1n) is 5.98. The molecule has 1 unspecified atom stereocenters. The third-order valence-electron chi connectivity index (χ3n) is 3.33. The molecule has 1 atom stereocenters. The van der Waals surface area contributed by atoms with Gasteiger partial charge in [0.2, 0.25) is 5.43 Å². The monoisotopic (exact) mass is 329 g/mol. The molecule has 6 nitrogen and oxygen atoms in total. The average Bonchev–Trinajstić information content (AvgIpc) is 2.42. The number of ether oxygens (including phenoxy) is 2. The summed E-state index contributed by atoms with van der Waals surface area (Å²) in [6.45, 7) is 1.98. The normalized spacial score (nSPS) is 17.0. The molecule has 1 aromatic carbocycles. The maximum absolute atomic E-state index is 12.3. The summed E-state index contributed by atoms with van der Waals surface area (Å²) in [7, 11) is 0. The van der Waals surface area contributed by atoms with Gasteiger partial charge in [-0.2, -0.15) is 0 Å². The second kappa shape index (κ2) is 4.91. The van der Waals surface area contributed by atoms with Crippen molar-refractivity contribution < 1.29 is 19.4 Å². The number of rotatable bonds is 1. The van der Waals surface area contributed by atoms with E-state index < -0.39 is 17.8 Å². The van der Waals surface area contributed by atoms with Crippen LogP contribution in [0.1, 0.15) is 18.7 Å². The van der Waals surface area contributed by atoms with Crippen molar-refractivity contribution in [1.29, 1.82) is 0 Å². The molecule has 0 fully saturated rings. The summed E-state index contributed by atoms with van der Waals surface area (Å²) < 4.78 is 11.7. The maximum Gasteiger partial charge on any atom is 0.511 e. The summed E-state index contributed by atoms with van der Waals surface area (Å²) in [6.07, 6.45) is -0.658. The number of benzene rings is 1. The number of nitrogens with zero attached hydrogens (tertiary/aromatic N) is 1. The van der Waals surface area contributed by atoms with Gasteiger partial charge in [-0.15, -0.1) is 0 Å². The van der Waals surface area contributed by atoms with E-state index in [1.54, 1.807) is 11.5 Å². The van der Waals surface area contributed by atoms with Crippen molar-refractivity contribution in [3.05, 3.63) is 38.1 Å². The van der Waals surface area contributed by atoms with E-state index in [2.05, 4.69) is 4.74 Å². The smallest absolute Gasteiger partial charge is 0.449 e. The molecule has 2 aromatic rings.